The normalized spacial score (nSPS) is 14.6. The van der Waals surface area contributed by atoms with Crippen molar-refractivity contribution >= 4 is 35.8 Å². The molecule has 2 fully saturated rings. The Kier molecular flexibility index (Phi) is 29.0. The summed E-state index contributed by atoms with van der Waals surface area (Å²) in [7, 11) is 0. The van der Waals surface area contributed by atoms with Gasteiger partial charge in [0.15, 0.2) is 19.8 Å². The molecule has 0 amide bonds. The Labute approximate surface area is 551 Å². The number of ether oxygens (including phenoxy) is 9. The fourth-order valence-electron chi connectivity index (χ4n) is 10.7. The first kappa shape index (κ1) is 73.6. The molecule has 0 bridgehead atoms. The van der Waals surface area contributed by atoms with Gasteiger partial charge in [-0.05, 0) is 228 Å². The molecule has 15 heteroatoms. The maximum atomic E-state index is 12.3. The number of carbonyl (C=O) groups is 6. The molecule has 2 aliphatic carbocycles. The van der Waals surface area contributed by atoms with Crippen LogP contribution in [0.2, 0.25) is 0 Å². The van der Waals surface area contributed by atoms with Gasteiger partial charge in [0.2, 0.25) is 0 Å². The molecule has 8 rings (SSSR count). The van der Waals surface area contributed by atoms with Gasteiger partial charge in [0.25, 0.3) is 0 Å². The van der Waals surface area contributed by atoms with E-state index < -0.39 is 42.1 Å². The summed E-state index contributed by atoms with van der Waals surface area (Å²) in [5.74, 6) is 0.506. The van der Waals surface area contributed by atoms with Crippen LogP contribution in [-0.2, 0) is 62.6 Å². The Hall–Kier alpha value is -8.46. The van der Waals surface area contributed by atoms with Crippen LogP contribution < -0.4 is 14.2 Å². The molecule has 3 atom stereocenters. The van der Waals surface area contributed by atoms with Crippen LogP contribution in [0.1, 0.15) is 242 Å². The fraction of sp³-hybridized carbons (Fsp3) is 0.462. The van der Waals surface area contributed by atoms with E-state index in [9.17, 15) is 28.8 Å². The van der Waals surface area contributed by atoms with Crippen LogP contribution in [-0.4, -0.2) is 72.4 Å². The molecule has 6 aromatic rings. The van der Waals surface area contributed by atoms with Gasteiger partial charge in [-0.2, -0.15) is 0 Å². The van der Waals surface area contributed by atoms with E-state index in [2.05, 4.69) is 109 Å². The highest BCUT2D eigenvalue weighted by Crippen LogP contribution is 2.37. The average Bonchev–Trinajstić information content (AvgIpc) is 2.23. The van der Waals surface area contributed by atoms with Crippen molar-refractivity contribution < 1.29 is 71.4 Å². The van der Waals surface area contributed by atoms with Crippen LogP contribution in [0.25, 0.3) is 0 Å². The van der Waals surface area contributed by atoms with Gasteiger partial charge in [0.1, 0.15) is 53.9 Å². The monoisotopic (exact) mass is 1270 g/mol. The predicted octanol–water partition coefficient (Wildman–Crippen LogP) is 17.7. The lowest BCUT2D eigenvalue weighted by molar-refractivity contribution is -0.163. The van der Waals surface area contributed by atoms with Crippen LogP contribution in [0.5, 0.6) is 17.2 Å². The van der Waals surface area contributed by atoms with Gasteiger partial charge in [-0.15, -0.1) is 0 Å². The van der Waals surface area contributed by atoms with Crippen molar-refractivity contribution in [3.8, 4) is 17.2 Å². The van der Waals surface area contributed by atoms with E-state index in [0.29, 0.717) is 64.9 Å². The summed E-state index contributed by atoms with van der Waals surface area (Å²) in [6.45, 7) is 22.7. The number of hydrogen-bond donors (Lipinski definition) is 0. The third kappa shape index (κ3) is 24.5. The van der Waals surface area contributed by atoms with Crippen LogP contribution in [0.3, 0.4) is 0 Å². The molecule has 93 heavy (non-hydrogen) atoms. The number of carbonyl (C=O) groups excluding carboxylic acids is 6. The smallest absolute Gasteiger partial charge is 0.344 e. The van der Waals surface area contributed by atoms with Crippen LogP contribution in [0, 0.1) is 0 Å². The van der Waals surface area contributed by atoms with Crippen LogP contribution in [0.15, 0.2) is 146 Å². The summed E-state index contributed by atoms with van der Waals surface area (Å²) in [6, 6.07) is 45.0. The highest BCUT2D eigenvalue weighted by molar-refractivity contribution is 5.92. The molecule has 0 aliphatic heterocycles. The lowest BCUT2D eigenvalue weighted by Gasteiger charge is -2.27. The molecule has 0 heterocycles. The molecule has 500 valence electrons. The van der Waals surface area contributed by atoms with E-state index in [-0.39, 0.29) is 37.0 Å². The topological polar surface area (TPSA) is 185 Å². The first-order chi connectivity index (χ1) is 44.6. The molecule has 6 aromatic carbocycles. The third-order valence-electron chi connectivity index (χ3n) is 17.3. The van der Waals surface area contributed by atoms with E-state index >= 15 is 0 Å². The molecule has 0 spiro atoms. The van der Waals surface area contributed by atoms with E-state index in [1.165, 1.54) is 16.7 Å². The van der Waals surface area contributed by atoms with Gasteiger partial charge in [-0.3, -0.25) is 0 Å². The van der Waals surface area contributed by atoms with Crippen molar-refractivity contribution in [3.05, 3.63) is 196 Å². The maximum Gasteiger partial charge on any atom is 0.344 e. The Morgan fingerprint density at radius 1 is 0.376 bits per heavy atom. The zero-order valence-corrected chi connectivity index (χ0v) is 56.6. The van der Waals surface area contributed by atoms with Crippen molar-refractivity contribution in [2.24, 2.45) is 0 Å². The summed E-state index contributed by atoms with van der Waals surface area (Å²) < 4.78 is 49.1. The molecule has 2 aliphatic rings. The number of rotatable bonds is 28. The van der Waals surface area contributed by atoms with Crippen LogP contribution >= 0.6 is 0 Å². The van der Waals surface area contributed by atoms with Crippen molar-refractivity contribution in [1.29, 1.82) is 0 Å². The van der Waals surface area contributed by atoms with Gasteiger partial charge in [-0.25, -0.2) is 28.8 Å². The lowest BCUT2D eigenvalue weighted by atomic mass is 9.98. The van der Waals surface area contributed by atoms with E-state index in [4.69, 9.17) is 42.6 Å². The first-order valence-corrected chi connectivity index (χ1v) is 33.2. The Bertz CT molecular complexity index is 3260. The predicted molar refractivity (Wildman–Crippen MR) is 360 cm³/mol. The summed E-state index contributed by atoms with van der Waals surface area (Å²) in [6.07, 6.45) is 12.9. The SMILES string of the molecule is CCC(C)c1ccc(COC(=O)c2ccc(OCC(=O)OC3(CC)CCCC3)cc2)cc1.CCC(C)c1ccc(COc2ccc(C(=O)OCC(=O)OC(C)(C)C)cc2)cc1.CCC(C)c1ccc(COc2ccc(C(=O)OCC(=O)OC3(CC)CCCC3)cc2)cc1. The van der Waals surface area contributed by atoms with Gasteiger partial charge >= 0.3 is 35.8 Å². The molecule has 2 saturated carbocycles. The van der Waals surface area contributed by atoms with E-state index in [1.807, 2.05) is 19.1 Å². The Balaban J connectivity index is 0.000000222. The Morgan fingerprint density at radius 2 is 0.677 bits per heavy atom. The standard InChI is InChI=1S/2C27H34O5.C24H30O5/c1-4-20(3)22-10-8-21(9-11-22)18-31-26(29)23-12-14-24(15-13-23)30-19-25(28)32-27(5-2)16-6-7-17-27;1-4-20(3)22-10-8-21(9-11-22)18-30-24-14-12-23(13-15-24)26(29)31-19-25(28)32-27(5-2)16-6-7-17-27;1-6-17(2)19-9-7-18(8-10-19)15-27-21-13-11-20(12-14-21)23(26)28-16-22(25)29-24(3,4)5/h2*8-15,20H,4-7,16-19H2,1-3H3;7-14,17H,6,15-16H2,1-5H3. The number of hydrogen-bond acceptors (Lipinski definition) is 15. The van der Waals surface area contributed by atoms with Gasteiger partial charge in [0, 0.05) is 0 Å². The minimum atomic E-state index is -0.614. The fourth-order valence-corrected chi connectivity index (χ4v) is 10.7. The average molecular weight is 1280 g/mol. The molecule has 0 saturated heterocycles. The molecule has 15 nitrogen and oxygen atoms in total. The Morgan fingerprint density at radius 3 is 1.00 bits per heavy atom. The second-order valence-corrected chi connectivity index (χ2v) is 25.3. The van der Waals surface area contributed by atoms with Crippen molar-refractivity contribution in [3.63, 3.8) is 0 Å². The first-order valence-electron chi connectivity index (χ1n) is 33.2. The minimum absolute atomic E-state index is 0.141. The van der Waals surface area contributed by atoms with Crippen molar-refractivity contribution in [2.75, 3.05) is 19.8 Å². The molecular weight excluding hydrogens is 1180 g/mol. The second kappa shape index (κ2) is 36.7. The van der Waals surface area contributed by atoms with Gasteiger partial charge in [0.05, 0.1) is 16.7 Å². The summed E-state index contributed by atoms with van der Waals surface area (Å²) in [5, 5.41) is 0. The molecule has 0 N–H and O–H groups in total. The third-order valence-corrected chi connectivity index (χ3v) is 17.3. The van der Waals surface area contributed by atoms with E-state index in [0.717, 1.165) is 100 Å². The second-order valence-electron chi connectivity index (χ2n) is 25.3. The van der Waals surface area contributed by atoms with Crippen molar-refractivity contribution in [1.82, 2.24) is 0 Å². The molecular formula is C78H98O15. The van der Waals surface area contributed by atoms with Gasteiger partial charge in [-0.1, -0.05) is 128 Å². The molecule has 0 radical (unpaired) electrons. The summed E-state index contributed by atoms with van der Waals surface area (Å²) in [5.41, 5.74) is 6.91. The zero-order chi connectivity index (χ0) is 67.4. The zero-order valence-electron chi connectivity index (χ0n) is 56.6. The minimum Gasteiger partial charge on any atom is -0.489 e. The lowest BCUT2D eigenvalue weighted by Crippen LogP contribution is -2.33. The van der Waals surface area contributed by atoms with Crippen molar-refractivity contribution in [2.45, 2.75) is 214 Å². The van der Waals surface area contributed by atoms with Gasteiger partial charge < -0.3 is 42.6 Å². The van der Waals surface area contributed by atoms with E-state index in [1.54, 1.807) is 93.6 Å². The summed E-state index contributed by atoms with van der Waals surface area (Å²) in [4.78, 5) is 72.6. The molecule has 3 unspecified atom stereocenters. The summed E-state index contributed by atoms with van der Waals surface area (Å²) >= 11 is 0. The largest absolute Gasteiger partial charge is 0.489 e. The van der Waals surface area contributed by atoms with Crippen LogP contribution in [0.4, 0.5) is 0 Å². The highest BCUT2D eigenvalue weighted by atomic mass is 16.6. The number of benzene rings is 6. The quantitative estimate of drug-likeness (QED) is 0.0333. The number of esters is 6. The molecule has 0 aromatic heterocycles. The highest BCUT2D eigenvalue weighted by Gasteiger charge is 2.37. The maximum absolute atomic E-state index is 12.3.